The third-order valence-corrected chi connectivity index (χ3v) is 3.14. The Morgan fingerprint density at radius 2 is 1.29 bits per heavy atom. The van der Waals surface area contributed by atoms with Gasteiger partial charge in [-0.05, 0) is 40.2 Å². The van der Waals surface area contributed by atoms with E-state index in [0.717, 1.165) is 6.54 Å². The molecule has 0 aromatic rings. The van der Waals surface area contributed by atoms with Gasteiger partial charge in [-0.1, -0.05) is 20.8 Å². The second-order valence-electron chi connectivity index (χ2n) is 6.41. The minimum atomic E-state index is 0.130. The molecule has 0 bridgehead atoms. The summed E-state index contributed by atoms with van der Waals surface area (Å²) < 4.78 is 0. The van der Waals surface area contributed by atoms with Gasteiger partial charge in [0.1, 0.15) is 0 Å². The van der Waals surface area contributed by atoms with E-state index in [1.54, 1.807) is 0 Å². The van der Waals surface area contributed by atoms with Crippen LogP contribution in [0.4, 0.5) is 0 Å². The van der Waals surface area contributed by atoms with E-state index in [9.17, 15) is 0 Å². The van der Waals surface area contributed by atoms with Crippen LogP contribution in [0.2, 0.25) is 0 Å². The van der Waals surface area contributed by atoms with Gasteiger partial charge in [-0.25, -0.2) is 0 Å². The molecule has 0 aliphatic heterocycles. The van der Waals surface area contributed by atoms with Crippen LogP contribution in [0.15, 0.2) is 0 Å². The van der Waals surface area contributed by atoms with E-state index in [4.69, 9.17) is 0 Å². The molecule has 0 radical (unpaired) electrons. The van der Waals surface area contributed by atoms with Crippen molar-refractivity contribution in [2.45, 2.75) is 59.5 Å². The zero-order valence-electron chi connectivity index (χ0n) is 11.2. The summed E-state index contributed by atoms with van der Waals surface area (Å²) >= 11 is 0. The molecule has 0 fully saturated rings. The van der Waals surface area contributed by atoms with E-state index in [0.29, 0.717) is 0 Å². The van der Waals surface area contributed by atoms with Crippen LogP contribution in [0, 0.1) is 5.41 Å². The highest BCUT2D eigenvalue weighted by Crippen LogP contribution is 2.31. The van der Waals surface area contributed by atoms with Gasteiger partial charge in [0.05, 0.1) is 0 Å². The Morgan fingerprint density at radius 1 is 0.857 bits per heavy atom. The molecule has 2 nitrogen and oxygen atoms in total. The second-order valence-corrected chi connectivity index (χ2v) is 6.41. The van der Waals surface area contributed by atoms with E-state index in [1.165, 1.54) is 0 Å². The summed E-state index contributed by atoms with van der Waals surface area (Å²) in [5, 5.41) is 6.93. The highest BCUT2D eigenvalue weighted by atomic mass is 15.1. The van der Waals surface area contributed by atoms with Crippen LogP contribution in [0.3, 0.4) is 0 Å². The van der Waals surface area contributed by atoms with Gasteiger partial charge in [0.15, 0.2) is 0 Å². The van der Waals surface area contributed by atoms with E-state index in [2.05, 4.69) is 59.1 Å². The topological polar surface area (TPSA) is 24.1 Å². The van der Waals surface area contributed by atoms with E-state index in [1.807, 2.05) is 7.05 Å². The molecule has 0 unspecified atom stereocenters. The maximum atomic E-state index is 3.71. The fourth-order valence-corrected chi connectivity index (χ4v) is 1.52. The zero-order valence-corrected chi connectivity index (χ0v) is 11.2. The van der Waals surface area contributed by atoms with Crippen LogP contribution in [0.25, 0.3) is 0 Å². The standard InChI is InChI=1S/C12H28N2/c1-10(2,3)12(6,7)14-11(4,5)9-13-8/h13-14H,9H2,1-8H3. The maximum absolute atomic E-state index is 3.71. The number of likely N-dealkylation sites (N-methyl/N-ethyl adjacent to an activating group) is 1. The Morgan fingerprint density at radius 3 is 1.57 bits per heavy atom. The van der Waals surface area contributed by atoms with Crippen LogP contribution in [0.5, 0.6) is 0 Å². The first-order valence-corrected chi connectivity index (χ1v) is 5.46. The van der Waals surface area contributed by atoms with Crippen LogP contribution in [-0.4, -0.2) is 24.7 Å². The average molecular weight is 200 g/mol. The molecule has 0 amide bonds. The molecule has 2 N–H and O–H groups in total. The summed E-state index contributed by atoms with van der Waals surface area (Å²) in [6.07, 6.45) is 0. The van der Waals surface area contributed by atoms with Crippen LogP contribution < -0.4 is 10.6 Å². The molecule has 86 valence electrons. The van der Waals surface area contributed by atoms with Gasteiger partial charge in [0.2, 0.25) is 0 Å². The van der Waals surface area contributed by atoms with Crippen molar-refractivity contribution in [1.29, 1.82) is 0 Å². The molecule has 0 aromatic heterocycles. The van der Waals surface area contributed by atoms with Crippen molar-refractivity contribution in [2.24, 2.45) is 5.41 Å². The summed E-state index contributed by atoms with van der Waals surface area (Å²) in [7, 11) is 1.99. The lowest BCUT2D eigenvalue weighted by molar-refractivity contribution is 0.131. The Bertz CT molecular complexity index is 175. The fourth-order valence-electron chi connectivity index (χ4n) is 1.52. The number of nitrogens with one attached hydrogen (secondary N) is 2. The van der Waals surface area contributed by atoms with E-state index in [-0.39, 0.29) is 16.5 Å². The van der Waals surface area contributed by atoms with Crippen molar-refractivity contribution >= 4 is 0 Å². The minimum Gasteiger partial charge on any atom is -0.318 e. The smallest absolute Gasteiger partial charge is 0.0254 e. The lowest BCUT2D eigenvalue weighted by Gasteiger charge is -2.45. The summed E-state index contributed by atoms with van der Waals surface area (Å²) in [5.41, 5.74) is 0.525. The normalized spacial score (nSPS) is 14.6. The zero-order chi connectivity index (χ0) is 11.6. The fraction of sp³-hybridized carbons (Fsp3) is 1.00. The molecule has 0 aromatic carbocycles. The number of hydrogen-bond acceptors (Lipinski definition) is 2. The quantitative estimate of drug-likeness (QED) is 0.728. The summed E-state index contributed by atoms with van der Waals surface area (Å²) in [4.78, 5) is 0. The molecule has 0 saturated carbocycles. The van der Waals surface area contributed by atoms with Gasteiger partial charge in [0, 0.05) is 17.6 Å². The van der Waals surface area contributed by atoms with E-state index < -0.39 is 0 Å². The monoisotopic (exact) mass is 200 g/mol. The minimum absolute atomic E-state index is 0.130. The molecule has 0 atom stereocenters. The van der Waals surface area contributed by atoms with Gasteiger partial charge in [0.25, 0.3) is 0 Å². The largest absolute Gasteiger partial charge is 0.318 e. The van der Waals surface area contributed by atoms with Crippen molar-refractivity contribution in [1.82, 2.24) is 10.6 Å². The van der Waals surface area contributed by atoms with Crippen molar-refractivity contribution in [3.8, 4) is 0 Å². The Hall–Kier alpha value is -0.0800. The Kier molecular flexibility index (Phi) is 4.17. The molecule has 0 heterocycles. The first-order valence-electron chi connectivity index (χ1n) is 5.46. The van der Waals surface area contributed by atoms with Crippen molar-refractivity contribution in [2.75, 3.05) is 13.6 Å². The second kappa shape index (κ2) is 4.19. The van der Waals surface area contributed by atoms with Gasteiger partial charge < -0.3 is 10.6 Å². The molecule has 14 heavy (non-hydrogen) atoms. The number of rotatable bonds is 4. The molecule has 0 spiro atoms. The highest BCUT2D eigenvalue weighted by molar-refractivity contribution is 4.96. The maximum Gasteiger partial charge on any atom is 0.0254 e. The molecule has 0 saturated heterocycles. The molecule has 0 aliphatic carbocycles. The van der Waals surface area contributed by atoms with Gasteiger partial charge >= 0.3 is 0 Å². The van der Waals surface area contributed by atoms with Gasteiger partial charge in [-0.15, -0.1) is 0 Å². The average Bonchev–Trinajstić information content (AvgIpc) is 1.80. The highest BCUT2D eigenvalue weighted by Gasteiger charge is 2.36. The molecule has 2 heteroatoms. The number of hydrogen-bond donors (Lipinski definition) is 2. The SMILES string of the molecule is CNCC(C)(C)NC(C)(C)C(C)(C)C. The van der Waals surface area contributed by atoms with Crippen LogP contribution in [0.1, 0.15) is 48.5 Å². The Balaban J connectivity index is 4.50. The van der Waals surface area contributed by atoms with Crippen LogP contribution >= 0.6 is 0 Å². The van der Waals surface area contributed by atoms with E-state index >= 15 is 0 Å². The first kappa shape index (κ1) is 13.9. The van der Waals surface area contributed by atoms with Crippen LogP contribution in [-0.2, 0) is 0 Å². The van der Waals surface area contributed by atoms with Crippen molar-refractivity contribution < 1.29 is 0 Å². The third-order valence-electron chi connectivity index (χ3n) is 3.14. The van der Waals surface area contributed by atoms with Gasteiger partial charge in [-0.3, -0.25) is 0 Å². The molecule has 0 aliphatic rings. The first-order chi connectivity index (χ1) is 6.02. The van der Waals surface area contributed by atoms with Gasteiger partial charge in [-0.2, -0.15) is 0 Å². The predicted octanol–water partition coefficient (Wildman–Crippen LogP) is 2.40. The molecular weight excluding hydrogens is 172 g/mol. The van der Waals surface area contributed by atoms with Crippen molar-refractivity contribution in [3.05, 3.63) is 0 Å². The molecule has 0 rings (SSSR count). The Labute approximate surface area is 89.9 Å². The summed E-state index contributed by atoms with van der Waals surface area (Å²) in [5.74, 6) is 0. The lowest BCUT2D eigenvalue weighted by atomic mass is 9.75. The third kappa shape index (κ3) is 3.97. The van der Waals surface area contributed by atoms with Crippen molar-refractivity contribution in [3.63, 3.8) is 0 Å². The summed E-state index contributed by atoms with van der Waals surface area (Å²) in [6.45, 7) is 16.8. The predicted molar refractivity (Wildman–Crippen MR) is 64.7 cm³/mol. The summed E-state index contributed by atoms with van der Waals surface area (Å²) in [6, 6.07) is 0. The lowest BCUT2D eigenvalue weighted by Crippen LogP contribution is -2.61. The molecular formula is C12H28N2.